The normalized spacial score (nSPS) is 10.8. The summed E-state index contributed by atoms with van der Waals surface area (Å²) in [6.07, 6.45) is 1.32. The summed E-state index contributed by atoms with van der Waals surface area (Å²) in [4.78, 5) is 25.5. The third-order valence-corrected chi connectivity index (χ3v) is 3.00. The summed E-state index contributed by atoms with van der Waals surface area (Å²) in [5.74, 6) is 0. The van der Waals surface area contributed by atoms with E-state index in [1.807, 2.05) is 0 Å². The molecule has 0 unspecified atom stereocenters. The zero-order valence-corrected chi connectivity index (χ0v) is 10.2. The number of H-pyrrole nitrogens is 1. The molecule has 0 amide bonds. The Labute approximate surface area is 101 Å². The van der Waals surface area contributed by atoms with Crippen LogP contribution in [0.2, 0.25) is 5.15 Å². The van der Waals surface area contributed by atoms with Gasteiger partial charge in [0.05, 0.1) is 12.2 Å². The van der Waals surface area contributed by atoms with Crippen molar-refractivity contribution in [3.05, 3.63) is 49.5 Å². The van der Waals surface area contributed by atoms with E-state index in [9.17, 15) is 9.59 Å². The van der Waals surface area contributed by atoms with Crippen molar-refractivity contribution in [3.63, 3.8) is 0 Å². The van der Waals surface area contributed by atoms with Crippen LogP contribution in [-0.4, -0.2) is 19.3 Å². The standard InChI is InChI=1S/C10H11ClN4O2/c1-6-7(9(11)14(2)13-6)5-15-8(16)3-4-12-10(15)17/h3-4H,5H2,1-2H3,(H,12,17). The van der Waals surface area contributed by atoms with Gasteiger partial charge in [-0.1, -0.05) is 11.6 Å². The summed E-state index contributed by atoms with van der Waals surface area (Å²) < 4.78 is 2.59. The first kappa shape index (κ1) is 11.7. The van der Waals surface area contributed by atoms with Crippen LogP contribution in [-0.2, 0) is 13.6 Å². The Balaban J connectivity index is 2.52. The molecule has 0 saturated carbocycles. The Bertz CT molecular complexity index is 639. The van der Waals surface area contributed by atoms with Crippen molar-refractivity contribution in [1.82, 2.24) is 19.3 Å². The van der Waals surface area contributed by atoms with Crippen LogP contribution in [0.25, 0.3) is 0 Å². The van der Waals surface area contributed by atoms with Crippen LogP contribution in [0.1, 0.15) is 11.3 Å². The van der Waals surface area contributed by atoms with E-state index in [0.717, 1.165) is 4.57 Å². The van der Waals surface area contributed by atoms with Crippen molar-refractivity contribution < 1.29 is 0 Å². The average Bonchev–Trinajstić information content (AvgIpc) is 2.49. The van der Waals surface area contributed by atoms with Gasteiger partial charge in [0.25, 0.3) is 5.56 Å². The molecule has 2 aromatic rings. The van der Waals surface area contributed by atoms with Crippen LogP contribution >= 0.6 is 11.6 Å². The molecule has 2 rings (SSSR count). The molecule has 6 nitrogen and oxygen atoms in total. The molecular formula is C10H11ClN4O2. The van der Waals surface area contributed by atoms with Crippen LogP contribution in [0, 0.1) is 6.92 Å². The topological polar surface area (TPSA) is 72.7 Å². The van der Waals surface area contributed by atoms with Gasteiger partial charge in [-0.25, -0.2) is 4.79 Å². The lowest BCUT2D eigenvalue weighted by molar-refractivity contribution is 0.695. The Morgan fingerprint density at radius 2 is 2.18 bits per heavy atom. The molecule has 0 aliphatic carbocycles. The Hall–Kier alpha value is -1.82. The average molecular weight is 255 g/mol. The van der Waals surface area contributed by atoms with Crippen molar-refractivity contribution in [2.24, 2.45) is 7.05 Å². The first-order valence-corrected chi connectivity index (χ1v) is 5.35. The number of hydrogen-bond acceptors (Lipinski definition) is 3. The van der Waals surface area contributed by atoms with Gasteiger partial charge < -0.3 is 4.98 Å². The van der Waals surface area contributed by atoms with E-state index in [2.05, 4.69) is 10.1 Å². The molecule has 0 radical (unpaired) electrons. The SMILES string of the molecule is Cc1nn(C)c(Cl)c1Cn1c(=O)cc[nH]c1=O. The number of halogens is 1. The second-order valence-electron chi connectivity index (χ2n) is 3.69. The minimum atomic E-state index is -0.461. The van der Waals surface area contributed by atoms with E-state index in [1.165, 1.54) is 16.9 Å². The minimum Gasteiger partial charge on any atom is -0.314 e. The smallest absolute Gasteiger partial charge is 0.314 e. The molecule has 7 heteroatoms. The lowest BCUT2D eigenvalue weighted by Crippen LogP contribution is -2.34. The van der Waals surface area contributed by atoms with Gasteiger partial charge in [-0.05, 0) is 6.92 Å². The molecule has 1 N–H and O–H groups in total. The van der Waals surface area contributed by atoms with Gasteiger partial charge in [0.15, 0.2) is 0 Å². The third kappa shape index (κ3) is 2.03. The van der Waals surface area contributed by atoms with E-state index >= 15 is 0 Å². The number of rotatable bonds is 2. The van der Waals surface area contributed by atoms with Crippen LogP contribution in [0.3, 0.4) is 0 Å². The summed E-state index contributed by atoms with van der Waals surface area (Å²) in [5, 5.41) is 4.55. The van der Waals surface area contributed by atoms with E-state index in [-0.39, 0.29) is 12.1 Å². The van der Waals surface area contributed by atoms with Crippen molar-refractivity contribution in [1.29, 1.82) is 0 Å². The maximum Gasteiger partial charge on any atom is 0.328 e. The van der Waals surface area contributed by atoms with Gasteiger partial charge >= 0.3 is 5.69 Å². The molecule has 0 aliphatic rings. The summed E-state index contributed by atoms with van der Waals surface area (Å²) in [5.41, 5.74) is 0.547. The van der Waals surface area contributed by atoms with Crippen LogP contribution in [0.4, 0.5) is 0 Å². The molecule has 90 valence electrons. The number of aromatic nitrogens is 4. The van der Waals surface area contributed by atoms with Gasteiger partial charge in [0, 0.05) is 24.9 Å². The zero-order valence-electron chi connectivity index (χ0n) is 9.40. The highest BCUT2D eigenvalue weighted by Crippen LogP contribution is 2.18. The van der Waals surface area contributed by atoms with Gasteiger partial charge in [-0.3, -0.25) is 14.0 Å². The van der Waals surface area contributed by atoms with Gasteiger partial charge in [-0.15, -0.1) is 0 Å². The first-order valence-electron chi connectivity index (χ1n) is 4.97. The highest BCUT2D eigenvalue weighted by Gasteiger charge is 2.13. The van der Waals surface area contributed by atoms with E-state index in [0.29, 0.717) is 16.4 Å². The molecular weight excluding hydrogens is 244 g/mol. The Morgan fingerprint density at radius 3 is 2.71 bits per heavy atom. The molecule has 0 atom stereocenters. The summed E-state index contributed by atoms with van der Waals surface area (Å²) in [6.45, 7) is 1.90. The van der Waals surface area contributed by atoms with Gasteiger partial charge in [0.1, 0.15) is 5.15 Å². The van der Waals surface area contributed by atoms with Crippen LogP contribution in [0.5, 0.6) is 0 Å². The maximum atomic E-state index is 11.5. The highest BCUT2D eigenvalue weighted by atomic mass is 35.5. The van der Waals surface area contributed by atoms with Crippen molar-refractivity contribution in [3.8, 4) is 0 Å². The molecule has 0 saturated heterocycles. The molecule has 2 heterocycles. The second-order valence-corrected chi connectivity index (χ2v) is 4.04. The highest BCUT2D eigenvalue weighted by molar-refractivity contribution is 6.30. The third-order valence-electron chi connectivity index (χ3n) is 2.53. The number of nitrogens with zero attached hydrogens (tertiary/aromatic N) is 3. The van der Waals surface area contributed by atoms with E-state index in [1.54, 1.807) is 14.0 Å². The summed E-state index contributed by atoms with van der Waals surface area (Å²) >= 11 is 6.04. The fourth-order valence-electron chi connectivity index (χ4n) is 1.61. The Morgan fingerprint density at radius 1 is 1.47 bits per heavy atom. The zero-order chi connectivity index (χ0) is 12.6. The number of nitrogens with one attached hydrogen (secondary N) is 1. The molecule has 0 aromatic carbocycles. The summed E-state index contributed by atoms with van der Waals surface area (Å²) in [7, 11) is 1.71. The summed E-state index contributed by atoms with van der Waals surface area (Å²) in [6, 6.07) is 1.29. The predicted molar refractivity (Wildman–Crippen MR) is 63.4 cm³/mol. The first-order chi connectivity index (χ1) is 8.00. The van der Waals surface area contributed by atoms with Crippen molar-refractivity contribution in [2.45, 2.75) is 13.5 Å². The molecule has 0 spiro atoms. The lowest BCUT2D eigenvalue weighted by atomic mass is 10.2. The van der Waals surface area contributed by atoms with E-state index in [4.69, 9.17) is 11.6 Å². The quantitative estimate of drug-likeness (QED) is 0.837. The number of aromatic amines is 1. The molecule has 0 fully saturated rings. The van der Waals surface area contributed by atoms with Crippen molar-refractivity contribution in [2.75, 3.05) is 0 Å². The largest absolute Gasteiger partial charge is 0.328 e. The predicted octanol–water partition coefficient (Wildman–Crippen LogP) is 0.280. The minimum absolute atomic E-state index is 0.119. The van der Waals surface area contributed by atoms with Gasteiger partial charge in [0.2, 0.25) is 0 Å². The Kier molecular flexibility index (Phi) is 2.89. The van der Waals surface area contributed by atoms with Gasteiger partial charge in [-0.2, -0.15) is 5.10 Å². The molecule has 0 aliphatic heterocycles. The second kappa shape index (κ2) is 4.21. The van der Waals surface area contributed by atoms with Crippen LogP contribution < -0.4 is 11.2 Å². The molecule has 0 bridgehead atoms. The monoisotopic (exact) mass is 254 g/mol. The fraction of sp³-hybridized carbons (Fsp3) is 0.300. The maximum absolute atomic E-state index is 11.5. The fourth-order valence-corrected chi connectivity index (χ4v) is 1.85. The lowest BCUT2D eigenvalue weighted by Gasteiger charge is -2.03. The van der Waals surface area contributed by atoms with Crippen molar-refractivity contribution >= 4 is 11.6 Å². The number of aryl methyl sites for hydroxylation is 2. The van der Waals surface area contributed by atoms with Crippen LogP contribution in [0.15, 0.2) is 21.9 Å². The van der Waals surface area contributed by atoms with E-state index < -0.39 is 5.69 Å². The molecule has 2 aromatic heterocycles. The molecule has 17 heavy (non-hydrogen) atoms. The number of hydrogen-bond donors (Lipinski definition) is 1.